The van der Waals surface area contributed by atoms with Crippen molar-refractivity contribution in [2.24, 2.45) is 0 Å². The summed E-state index contributed by atoms with van der Waals surface area (Å²) in [6, 6.07) is 0. The van der Waals surface area contributed by atoms with Gasteiger partial charge in [-0.05, 0) is 19.3 Å². The van der Waals surface area contributed by atoms with Gasteiger partial charge in [-0.3, -0.25) is 0 Å². The molecule has 0 aromatic carbocycles. The van der Waals surface area contributed by atoms with Crippen molar-refractivity contribution >= 4 is 0 Å². The van der Waals surface area contributed by atoms with Crippen LogP contribution in [-0.4, -0.2) is 22.9 Å². The molecule has 2 rings (SSSR count). The molecule has 1 unspecified atom stereocenters. The Morgan fingerprint density at radius 2 is 2.45 bits per heavy atom. The topological polar surface area (TPSA) is 32.8 Å². The lowest BCUT2D eigenvalue weighted by Gasteiger charge is -2.21. The fourth-order valence-corrected chi connectivity index (χ4v) is 2.29. The third kappa shape index (κ3) is 1.00. The fourth-order valence-electron chi connectivity index (χ4n) is 2.29. The molecule has 1 saturated carbocycles. The molecule has 2 fully saturated rings. The van der Waals surface area contributed by atoms with E-state index in [4.69, 9.17) is 4.74 Å². The van der Waals surface area contributed by atoms with Crippen molar-refractivity contribution in [2.75, 3.05) is 0 Å². The molecular formula is C9H16O2. The Bertz CT molecular complexity index is 158. The second kappa shape index (κ2) is 2.46. The first-order valence-electron chi connectivity index (χ1n) is 4.65. The maximum Gasteiger partial charge on any atom is 0.120 e. The van der Waals surface area contributed by atoms with Gasteiger partial charge in [0.2, 0.25) is 0 Å². The standard InChI is InChI=1S/C9H16O2/c1-2-7(10)9-6-4-3-5-8(9)11-9/h7-8,10H,2-6H2,1H3/t7?,8-,9-/m0/s1. The number of epoxide rings is 1. The molecule has 2 nitrogen and oxygen atoms in total. The number of hydrogen-bond acceptors (Lipinski definition) is 2. The predicted molar refractivity (Wildman–Crippen MR) is 42.4 cm³/mol. The van der Waals surface area contributed by atoms with Gasteiger partial charge in [-0.2, -0.15) is 0 Å². The van der Waals surface area contributed by atoms with Crippen LogP contribution in [0, 0.1) is 0 Å². The zero-order valence-corrected chi connectivity index (χ0v) is 7.05. The van der Waals surface area contributed by atoms with Gasteiger partial charge in [0.15, 0.2) is 0 Å². The zero-order valence-electron chi connectivity index (χ0n) is 7.05. The smallest absolute Gasteiger partial charge is 0.120 e. The summed E-state index contributed by atoms with van der Waals surface area (Å²) >= 11 is 0. The molecule has 0 amide bonds. The molecule has 1 aliphatic heterocycles. The largest absolute Gasteiger partial charge is 0.390 e. The summed E-state index contributed by atoms with van der Waals surface area (Å²) in [6.45, 7) is 2.02. The monoisotopic (exact) mass is 156 g/mol. The summed E-state index contributed by atoms with van der Waals surface area (Å²) in [5.41, 5.74) is -0.0903. The van der Waals surface area contributed by atoms with Gasteiger partial charge < -0.3 is 9.84 Å². The first kappa shape index (κ1) is 7.56. The number of fused-ring (bicyclic) bond motifs is 1. The molecule has 0 bridgehead atoms. The lowest BCUT2D eigenvalue weighted by Crippen LogP contribution is -2.33. The van der Waals surface area contributed by atoms with Gasteiger partial charge in [-0.25, -0.2) is 0 Å². The molecule has 0 aromatic rings. The minimum Gasteiger partial charge on any atom is -0.390 e. The molecule has 1 N–H and O–H groups in total. The first-order chi connectivity index (χ1) is 5.29. The third-order valence-corrected chi connectivity index (χ3v) is 3.08. The van der Waals surface area contributed by atoms with Crippen molar-refractivity contribution in [3.63, 3.8) is 0 Å². The Morgan fingerprint density at radius 1 is 1.64 bits per heavy atom. The van der Waals surface area contributed by atoms with E-state index in [0.29, 0.717) is 6.10 Å². The van der Waals surface area contributed by atoms with Crippen molar-refractivity contribution < 1.29 is 9.84 Å². The van der Waals surface area contributed by atoms with E-state index in [1.54, 1.807) is 0 Å². The SMILES string of the molecule is CCC(O)[C@@]12CCCC[C@@H]1O2. The van der Waals surface area contributed by atoms with Crippen LogP contribution in [0.4, 0.5) is 0 Å². The highest BCUT2D eigenvalue weighted by molar-refractivity contribution is 5.09. The van der Waals surface area contributed by atoms with Crippen molar-refractivity contribution in [2.45, 2.75) is 56.8 Å². The number of aliphatic hydroxyl groups excluding tert-OH is 1. The van der Waals surface area contributed by atoms with Crippen molar-refractivity contribution in [3.8, 4) is 0 Å². The molecule has 11 heavy (non-hydrogen) atoms. The Kier molecular flexibility index (Phi) is 1.69. The average molecular weight is 156 g/mol. The highest BCUT2D eigenvalue weighted by Crippen LogP contribution is 2.50. The second-order valence-corrected chi connectivity index (χ2v) is 3.73. The summed E-state index contributed by atoms with van der Waals surface area (Å²) in [5.74, 6) is 0. The Hall–Kier alpha value is -0.0800. The molecule has 3 atom stereocenters. The minimum atomic E-state index is -0.215. The second-order valence-electron chi connectivity index (χ2n) is 3.73. The van der Waals surface area contributed by atoms with E-state index >= 15 is 0 Å². The zero-order chi connectivity index (χ0) is 7.90. The lowest BCUT2D eigenvalue weighted by molar-refractivity contribution is 0.0644. The van der Waals surface area contributed by atoms with Crippen LogP contribution in [0.15, 0.2) is 0 Å². The van der Waals surface area contributed by atoms with Crippen LogP contribution in [0.3, 0.4) is 0 Å². The van der Waals surface area contributed by atoms with Crippen molar-refractivity contribution in [1.29, 1.82) is 0 Å². The van der Waals surface area contributed by atoms with Crippen LogP contribution >= 0.6 is 0 Å². The van der Waals surface area contributed by atoms with Gasteiger partial charge in [0.05, 0.1) is 12.2 Å². The quantitative estimate of drug-likeness (QED) is 0.614. The summed E-state index contributed by atoms with van der Waals surface area (Å²) in [6.07, 6.45) is 5.76. The Balaban J connectivity index is 2.01. The van der Waals surface area contributed by atoms with Gasteiger partial charge in [0.25, 0.3) is 0 Å². The Morgan fingerprint density at radius 3 is 3.09 bits per heavy atom. The Labute approximate surface area is 67.6 Å². The van der Waals surface area contributed by atoms with Crippen molar-refractivity contribution in [1.82, 2.24) is 0 Å². The maximum atomic E-state index is 9.66. The van der Waals surface area contributed by atoms with Crippen LogP contribution in [0.5, 0.6) is 0 Å². The van der Waals surface area contributed by atoms with E-state index in [2.05, 4.69) is 0 Å². The van der Waals surface area contributed by atoms with Gasteiger partial charge >= 0.3 is 0 Å². The maximum absolute atomic E-state index is 9.66. The molecule has 2 aliphatic rings. The highest BCUT2D eigenvalue weighted by Gasteiger charge is 2.60. The van der Waals surface area contributed by atoms with E-state index in [9.17, 15) is 5.11 Å². The molecular weight excluding hydrogens is 140 g/mol. The first-order valence-corrected chi connectivity index (χ1v) is 4.65. The number of aliphatic hydroxyl groups is 1. The van der Waals surface area contributed by atoms with E-state index in [0.717, 1.165) is 19.3 Å². The van der Waals surface area contributed by atoms with Gasteiger partial charge in [0.1, 0.15) is 5.60 Å². The third-order valence-electron chi connectivity index (χ3n) is 3.08. The fraction of sp³-hybridized carbons (Fsp3) is 1.00. The van der Waals surface area contributed by atoms with E-state index in [-0.39, 0.29) is 11.7 Å². The van der Waals surface area contributed by atoms with E-state index in [1.165, 1.54) is 12.8 Å². The molecule has 2 heteroatoms. The van der Waals surface area contributed by atoms with Crippen LogP contribution < -0.4 is 0 Å². The summed E-state index contributed by atoms with van der Waals surface area (Å²) < 4.78 is 5.57. The number of ether oxygens (including phenoxy) is 1. The lowest BCUT2D eigenvalue weighted by atomic mass is 9.84. The van der Waals surface area contributed by atoms with Crippen LogP contribution in [0.25, 0.3) is 0 Å². The molecule has 0 aromatic heterocycles. The van der Waals surface area contributed by atoms with Gasteiger partial charge in [-0.15, -0.1) is 0 Å². The highest BCUT2D eigenvalue weighted by atomic mass is 16.6. The molecule has 0 radical (unpaired) electrons. The summed E-state index contributed by atoms with van der Waals surface area (Å²) in [5, 5.41) is 9.66. The van der Waals surface area contributed by atoms with E-state index < -0.39 is 0 Å². The van der Waals surface area contributed by atoms with Gasteiger partial charge in [-0.1, -0.05) is 19.8 Å². The molecule has 0 spiro atoms. The minimum absolute atomic E-state index is 0.0903. The van der Waals surface area contributed by atoms with E-state index in [1.807, 2.05) is 6.92 Å². The van der Waals surface area contributed by atoms with Crippen LogP contribution in [0.1, 0.15) is 39.0 Å². The molecule has 1 heterocycles. The van der Waals surface area contributed by atoms with Crippen molar-refractivity contribution in [3.05, 3.63) is 0 Å². The number of hydrogen-bond donors (Lipinski definition) is 1. The average Bonchev–Trinajstić information content (AvgIpc) is 2.78. The van der Waals surface area contributed by atoms with Crippen LogP contribution in [0.2, 0.25) is 0 Å². The molecule has 1 aliphatic carbocycles. The molecule has 1 saturated heterocycles. The van der Waals surface area contributed by atoms with Gasteiger partial charge in [0, 0.05) is 0 Å². The predicted octanol–water partition coefficient (Wildman–Crippen LogP) is 1.47. The normalized spacial score (nSPS) is 44.7. The van der Waals surface area contributed by atoms with Crippen LogP contribution in [-0.2, 0) is 4.74 Å². The summed E-state index contributed by atoms with van der Waals surface area (Å²) in [7, 11) is 0. The summed E-state index contributed by atoms with van der Waals surface area (Å²) in [4.78, 5) is 0. The molecule has 64 valence electrons. The number of rotatable bonds is 2.